The first kappa shape index (κ1) is 31.5. The van der Waals surface area contributed by atoms with Crippen LogP contribution in [0, 0.1) is 0 Å². The van der Waals surface area contributed by atoms with Crippen LogP contribution in [0.15, 0.2) is 0 Å². The van der Waals surface area contributed by atoms with Crippen molar-refractivity contribution < 1.29 is 38.9 Å². The molecule has 0 aliphatic carbocycles. The van der Waals surface area contributed by atoms with Crippen molar-refractivity contribution in [2.75, 3.05) is 38.8 Å². The Bertz CT molecular complexity index is 628. The SMILES string of the molecule is CCC(O)CN1C(=O)N(CC(O)CC)C(C)(C)C1=O.COC(=O)CCSSCCC(=O)OC. The van der Waals surface area contributed by atoms with Gasteiger partial charge in [-0.1, -0.05) is 35.4 Å². The van der Waals surface area contributed by atoms with E-state index in [1.165, 1.54) is 19.1 Å². The number of methoxy groups -OCH3 is 2. The second-order valence-electron chi connectivity index (χ2n) is 7.79. The second-order valence-corrected chi connectivity index (χ2v) is 10.5. The maximum Gasteiger partial charge on any atom is 0.327 e. The van der Waals surface area contributed by atoms with Crippen molar-refractivity contribution in [3.63, 3.8) is 0 Å². The highest BCUT2D eigenvalue weighted by atomic mass is 33.1. The minimum Gasteiger partial charge on any atom is -0.469 e. The zero-order valence-corrected chi connectivity index (χ0v) is 22.0. The van der Waals surface area contributed by atoms with Crippen LogP contribution in [0.4, 0.5) is 4.79 Å². The van der Waals surface area contributed by atoms with Gasteiger partial charge in [-0.05, 0) is 26.7 Å². The molecule has 0 radical (unpaired) electrons. The normalized spacial score (nSPS) is 16.7. The van der Waals surface area contributed by atoms with Crippen LogP contribution in [0.1, 0.15) is 53.4 Å². The molecule has 0 aromatic heterocycles. The Balaban J connectivity index is 0.000000653. The third-order valence-electron chi connectivity index (χ3n) is 4.95. The van der Waals surface area contributed by atoms with Crippen molar-refractivity contribution in [2.45, 2.75) is 71.1 Å². The highest BCUT2D eigenvalue weighted by molar-refractivity contribution is 8.76. The highest BCUT2D eigenvalue weighted by Gasteiger charge is 2.51. The molecule has 1 aliphatic heterocycles. The molecule has 10 nitrogen and oxygen atoms in total. The number of nitrogens with zero attached hydrogens (tertiary/aromatic N) is 2. The minimum absolute atomic E-state index is 0.0102. The van der Waals surface area contributed by atoms with E-state index in [9.17, 15) is 29.4 Å². The molecule has 192 valence electrons. The summed E-state index contributed by atoms with van der Waals surface area (Å²) in [5, 5.41) is 19.3. The monoisotopic (exact) mass is 510 g/mol. The Labute approximate surface area is 204 Å². The predicted octanol–water partition coefficient (Wildman–Crippen LogP) is 2.06. The zero-order valence-electron chi connectivity index (χ0n) is 20.4. The van der Waals surface area contributed by atoms with Crippen LogP contribution in [0.2, 0.25) is 0 Å². The molecule has 1 aliphatic rings. The molecule has 1 fully saturated rings. The van der Waals surface area contributed by atoms with E-state index in [1.807, 2.05) is 6.92 Å². The molecule has 1 rings (SSSR count). The number of hydrogen-bond donors (Lipinski definition) is 2. The fourth-order valence-corrected chi connectivity index (χ4v) is 4.58. The summed E-state index contributed by atoms with van der Waals surface area (Å²) in [6, 6.07) is -0.435. The van der Waals surface area contributed by atoms with E-state index in [-0.39, 0.29) is 30.9 Å². The predicted molar refractivity (Wildman–Crippen MR) is 129 cm³/mol. The van der Waals surface area contributed by atoms with Crippen molar-refractivity contribution in [1.29, 1.82) is 0 Å². The third-order valence-corrected chi connectivity index (χ3v) is 7.36. The molecule has 2 unspecified atom stereocenters. The first-order chi connectivity index (χ1) is 15.5. The minimum atomic E-state index is -0.972. The summed E-state index contributed by atoms with van der Waals surface area (Å²) in [5.74, 6) is 0.683. The number of rotatable bonds is 13. The van der Waals surface area contributed by atoms with Crippen LogP contribution < -0.4 is 0 Å². The summed E-state index contributed by atoms with van der Waals surface area (Å²) in [7, 11) is 5.86. The first-order valence-corrected chi connectivity index (χ1v) is 13.3. The van der Waals surface area contributed by atoms with Gasteiger partial charge in [0, 0.05) is 18.1 Å². The maximum absolute atomic E-state index is 12.2. The summed E-state index contributed by atoms with van der Waals surface area (Å²) in [4.78, 5) is 48.3. The fourth-order valence-electron chi connectivity index (χ4n) is 2.64. The van der Waals surface area contributed by atoms with Crippen LogP contribution in [-0.4, -0.2) is 100 Å². The highest BCUT2D eigenvalue weighted by Crippen LogP contribution is 2.28. The molecule has 2 N–H and O–H groups in total. The van der Waals surface area contributed by atoms with Crippen LogP contribution >= 0.6 is 21.6 Å². The number of imide groups is 1. The summed E-state index contributed by atoms with van der Waals surface area (Å²) < 4.78 is 8.95. The average Bonchev–Trinajstić information content (AvgIpc) is 2.95. The molecular formula is C21H38N2O8S2. The van der Waals surface area contributed by atoms with Gasteiger partial charge in [-0.25, -0.2) is 4.79 Å². The Hall–Kier alpha value is -1.50. The van der Waals surface area contributed by atoms with Gasteiger partial charge in [0.05, 0.1) is 45.8 Å². The van der Waals surface area contributed by atoms with E-state index in [2.05, 4.69) is 9.47 Å². The van der Waals surface area contributed by atoms with Crippen molar-refractivity contribution in [2.24, 2.45) is 0 Å². The van der Waals surface area contributed by atoms with E-state index in [0.717, 1.165) is 4.90 Å². The summed E-state index contributed by atoms with van der Waals surface area (Å²) >= 11 is 0. The van der Waals surface area contributed by atoms with E-state index in [1.54, 1.807) is 42.4 Å². The van der Waals surface area contributed by atoms with Gasteiger partial charge < -0.3 is 24.6 Å². The van der Waals surface area contributed by atoms with Gasteiger partial charge in [-0.15, -0.1) is 0 Å². The average molecular weight is 511 g/mol. The van der Waals surface area contributed by atoms with Gasteiger partial charge in [0.1, 0.15) is 5.54 Å². The van der Waals surface area contributed by atoms with Gasteiger partial charge in [0.15, 0.2) is 0 Å². The third kappa shape index (κ3) is 11.0. The zero-order chi connectivity index (χ0) is 25.6. The maximum atomic E-state index is 12.2. The van der Waals surface area contributed by atoms with Gasteiger partial charge in [-0.3, -0.25) is 19.3 Å². The quantitative estimate of drug-likeness (QED) is 0.164. The van der Waals surface area contributed by atoms with E-state index in [4.69, 9.17) is 0 Å². The van der Waals surface area contributed by atoms with Crippen LogP contribution in [0.5, 0.6) is 0 Å². The van der Waals surface area contributed by atoms with Crippen LogP contribution in [-0.2, 0) is 23.9 Å². The Morgan fingerprint density at radius 3 is 1.73 bits per heavy atom. The van der Waals surface area contributed by atoms with Gasteiger partial charge in [0.2, 0.25) is 0 Å². The smallest absolute Gasteiger partial charge is 0.327 e. The summed E-state index contributed by atoms with van der Waals surface area (Å²) in [6.45, 7) is 7.07. The molecule has 3 amide bonds. The van der Waals surface area contributed by atoms with Crippen molar-refractivity contribution in [3.8, 4) is 0 Å². The second kappa shape index (κ2) is 16.2. The summed E-state index contributed by atoms with van der Waals surface area (Å²) in [5.41, 5.74) is -0.972. The number of aliphatic hydroxyl groups is 2. The number of β-amino-alcohol motifs (C(OH)–C–C–N with tert-alkyl or cyclic N) is 2. The number of urea groups is 1. The van der Waals surface area contributed by atoms with Crippen LogP contribution in [0.25, 0.3) is 0 Å². The Morgan fingerprint density at radius 2 is 1.33 bits per heavy atom. The molecule has 0 spiro atoms. The van der Waals surface area contributed by atoms with Crippen molar-refractivity contribution in [1.82, 2.24) is 9.80 Å². The lowest BCUT2D eigenvalue weighted by Crippen LogP contribution is -2.47. The Kier molecular flexibility index (Phi) is 15.4. The molecule has 0 aromatic rings. The van der Waals surface area contributed by atoms with Crippen molar-refractivity contribution in [3.05, 3.63) is 0 Å². The fraction of sp³-hybridized carbons (Fsp3) is 0.810. The lowest BCUT2D eigenvalue weighted by molar-refractivity contribution is -0.141. The lowest BCUT2D eigenvalue weighted by Gasteiger charge is -2.29. The molecular weight excluding hydrogens is 472 g/mol. The number of ether oxygens (including phenoxy) is 2. The van der Waals surface area contributed by atoms with Crippen molar-refractivity contribution >= 4 is 45.5 Å². The van der Waals surface area contributed by atoms with Crippen LogP contribution in [0.3, 0.4) is 0 Å². The van der Waals surface area contributed by atoms with E-state index in [0.29, 0.717) is 37.2 Å². The number of esters is 2. The number of carbonyl (C=O) groups excluding carboxylic acids is 4. The standard InChI is InChI=1S/C13H24N2O4.C8H14O4S2/c1-5-9(16)7-14-11(18)13(3,4)15(12(14)19)8-10(17)6-2;1-11-7(9)3-5-13-14-6-4-8(10)12-2/h9-10,16-17H,5-8H2,1-4H3;3-6H2,1-2H3. The molecule has 0 saturated carbocycles. The number of amides is 3. The molecule has 12 heteroatoms. The Morgan fingerprint density at radius 1 is 0.909 bits per heavy atom. The van der Waals surface area contributed by atoms with E-state index >= 15 is 0 Å². The molecule has 33 heavy (non-hydrogen) atoms. The largest absolute Gasteiger partial charge is 0.469 e. The molecule has 0 aromatic carbocycles. The lowest BCUT2D eigenvalue weighted by atomic mass is 10.0. The molecule has 0 bridgehead atoms. The molecule has 1 heterocycles. The first-order valence-electron chi connectivity index (χ1n) is 10.8. The number of aliphatic hydroxyl groups excluding tert-OH is 2. The van der Waals surface area contributed by atoms with Gasteiger partial charge >= 0.3 is 18.0 Å². The topological polar surface area (TPSA) is 134 Å². The van der Waals surface area contributed by atoms with Gasteiger partial charge in [0.25, 0.3) is 5.91 Å². The summed E-state index contributed by atoms with van der Waals surface area (Å²) in [6.07, 6.45) is 0.464. The van der Waals surface area contributed by atoms with Gasteiger partial charge in [-0.2, -0.15) is 0 Å². The number of hydrogen-bond acceptors (Lipinski definition) is 10. The molecule has 1 saturated heterocycles. The molecule has 2 atom stereocenters. The van der Waals surface area contributed by atoms with E-state index < -0.39 is 23.8 Å². The number of carbonyl (C=O) groups is 4.